The molecule has 1 aromatic rings. The molecule has 1 aromatic carbocycles. The first kappa shape index (κ1) is 11.8. The Hall–Kier alpha value is -1.24. The molecule has 0 bridgehead atoms. The first-order chi connectivity index (χ1) is 7.13. The normalized spacial score (nSPS) is 14.3. The Morgan fingerprint density at radius 1 is 1.27 bits per heavy atom. The van der Waals surface area contributed by atoms with Crippen LogP contribution in [0.25, 0.3) is 0 Å². The van der Waals surface area contributed by atoms with Gasteiger partial charge in [0, 0.05) is 11.7 Å². The summed E-state index contributed by atoms with van der Waals surface area (Å²) in [4.78, 5) is 0. The molecule has 0 aromatic heterocycles. The van der Waals surface area contributed by atoms with Crippen LogP contribution < -0.4 is 5.32 Å². The average molecular weight is 203 g/mol. The molecule has 0 aliphatic carbocycles. The van der Waals surface area contributed by atoms with Gasteiger partial charge in [0.25, 0.3) is 0 Å². The van der Waals surface area contributed by atoms with Crippen LogP contribution in [0, 0.1) is 12.8 Å². The van der Waals surface area contributed by atoms with Crippen molar-refractivity contribution in [3.05, 3.63) is 42.5 Å². The van der Waals surface area contributed by atoms with Gasteiger partial charge < -0.3 is 5.32 Å². The third kappa shape index (κ3) is 3.78. The van der Waals surface area contributed by atoms with Crippen molar-refractivity contribution in [3.8, 4) is 0 Å². The molecule has 0 aliphatic rings. The predicted octanol–water partition coefficient (Wildman–Crippen LogP) is 4.01. The topological polar surface area (TPSA) is 12.0 Å². The first-order valence-electron chi connectivity index (χ1n) is 5.57. The van der Waals surface area contributed by atoms with Crippen molar-refractivity contribution in [1.82, 2.24) is 0 Å². The van der Waals surface area contributed by atoms with Crippen LogP contribution in [0.1, 0.15) is 25.8 Å². The Kier molecular flexibility index (Phi) is 4.41. The maximum atomic E-state index is 3.77. The largest absolute Gasteiger partial charge is 0.382 e. The molecule has 0 heterocycles. The van der Waals surface area contributed by atoms with Gasteiger partial charge in [-0.15, -0.1) is 6.58 Å². The van der Waals surface area contributed by atoms with E-state index in [1.165, 1.54) is 11.3 Å². The molecule has 0 saturated heterocycles. The summed E-state index contributed by atoms with van der Waals surface area (Å²) in [6, 6.07) is 9.00. The Bertz CT molecular complexity index is 300. The van der Waals surface area contributed by atoms with E-state index in [0.717, 1.165) is 6.42 Å². The standard InChI is InChI=1S/C14H21N/c1-5-6-12(3)13(4)15-14-9-7-11(2)8-10-14/h5,7-10,12-13,15H,1,6H2,2-4H3. The van der Waals surface area contributed by atoms with Crippen molar-refractivity contribution in [1.29, 1.82) is 0 Å². The summed E-state index contributed by atoms with van der Waals surface area (Å²) in [6.45, 7) is 10.3. The number of hydrogen-bond donors (Lipinski definition) is 1. The average Bonchev–Trinajstić information content (AvgIpc) is 2.22. The smallest absolute Gasteiger partial charge is 0.0342 e. The van der Waals surface area contributed by atoms with Gasteiger partial charge >= 0.3 is 0 Å². The summed E-state index contributed by atoms with van der Waals surface area (Å²) < 4.78 is 0. The molecule has 1 nitrogen and oxygen atoms in total. The van der Waals surface area contributed by atoms with Crippen molar-refractivity contribution in [2.24, 2.45) is 5.92 Å². The van der Waals surface area contributed by atoms with E-state index in [0.29, 0.717) is 12.0 Å². The Morgan fingerprint density at radius 3 is 2.40 bits per heavy atom. The van der Waals surface area contributed by atoms with E-state index in [2.05, 4.69) is 56.9 Å². The van der Waals surface area contributed by atoms with Gasteiger partial charge in [0.05, 0.1) is 0 Å². The molecule has 1 heteroatoms. The van der Waals surface area contributed by atoms with Gasteiger partial charge in [-0.2, -0.15) is 0 Å². The Morgan fingerprint density at radius 2 is 1.87 bits per heavy atom. The summed E-state index contributed by atoms with van der Waals surface area (Å²) in [5.74, 6) is 0.615. The molecule has 82 valence electrons. The maximum Gasteiger partial charge on any atom is 0.0342 e. The van der Waals surface area contributed by atoms with Crippen LogP contribution in [0.3, 0.4) is 0 Å². The van der Waals surface area contributed by atoms with Crippen LogP contribution in [0.4, 0.5) is 5.69 Å². The highest BCUT2D eigenvalue weighted by Gasteiger charge is 2.09. The molecule has 15 heavy (non-hydrogen) atoms. The number of anilines is 1. The third-order valence-electron chi connectivity index (χ3n) is 2.84. The maximum absolute atomic E-state index is 3.77. The number of benzene rings is 1. The fraction of sp³-hybridized carbons (Fsp3) is 0.429. The summed E-state index contributed by atoms with van der Waals surface area (Å²) >= 11 is 0. The summed E-state index contributed by atoms with van der Waals surface area (Å²) in [7, 11) is 0. The van der Waals surface area contributed by atoms with E-state index < -0.39 is 0 Å². The van der Waals surface area contributed by atoms with E-state index >= 15 is 0 Å². The Labute approximate surface area is 93.2 Å². The molecule has 1 N–H and O–H groups in total. The van der Waals surface area contributed by atoms with Gasteiger partial charge in [-0.3, -0.25) is 0 Å². The number of rotatable bonds is 5. The molecule has 0 amide bonds. The zero-order valence-electron chi connectivity index (χ0n) is 9.96. The lowest BCUT2D eigenvalue weighted by molar-refractivity contribution is 0.517. The predicted molar refractivity (Wildman–Crippen MR) is 68.2 cm³/mol. The van der Waals surface area contributed by atoms with Crippen LogP contribution in [0.5, 0.6) is 0 Å². The first-order valence-corrected chi connectivity index (χ1v) is 5.57. The molecule has 0 spiro atoms. The lowest BCUT2D eigenvalue weighted by Gasteiger charge is -2.21. The lowest BCUT2D eigenvalue weighted by atomic mass is 9.99. The van der Waals surface area contributed by atoms with Crippen LogP contribution in [-0.4, -0.2) is 6.04 Å². The van der Waals surface area contributed by atoms with Gasteiger partial charge in [0.1, 0.15) is 0 Å². The van der Waals surface area contributed by atoms with Crippen molar-refractivity contribution in [3.63, 3.8) is 0 Å². The quantitative estimate of drug-likeness (QED) is 0.713. The Balaban J connectivity index is 2.53. The van der Waals surface area contributed by atoms with E-state index in [-0.39, 0.29) is 0 Å². The molecule has 0 radical (unpaired) electrons. The molecule has 1 rings (SSSR count). The second-order valence-electron chi connectivity index (χ2n) is 4.30. The highest BCUT2D eigenvalue weighted by Crippen LogP contribution is 2.15. The number of aryl methyl sites for hydroxylation is 1. The van der Waals surface area contributed by atoms with Gasteiger partial charge in [-0.05, 0) is 38.3 Å². The van der Waals surface area contributed by atoms with E-state index in [9.17, 15) is 0 Å². The molecule has 0 saturated carbocycles. The lowest BCUT2D eigenvalue weighted by Crippen LogP contribution is -2.23. The van der Waals surface area contributed by atoms with Crippen molar-refractivity contribution in [2.45, 2.75) is 33.2 Å². The van der Waals surface area contributed by atoms with Crippen LogP contribution >= 0.6 is 0 Å². The van der Waals surface area contributed by atoms with Gasteiger partial charge in [-0.25, -0.2) is 0 Å². The van der Waals surface area contributed by atoms with Gasteiger partial charge in [-0.1, -0.05) is 30.7 Å². The summed E-state index contributed by atoms with van der Waals surface area (Å²) in [5.41, 5.74) is 2.50. The zero-order valence-corrected chi connectivity index (χ0v) is 9.96. The van der Waals surface area contributed by atoms with E-state index in [1.807, 2.05) is 6.08 Å². The molecule has 0 aliphatic heterocycles. The minimum atomic E-state index is 0.478. The van der Waals surface area contributed by atoms with Gasteiger partial charge in [0.15, 0.2) is 0 Å². The third-order valence-corrected chi connectivity index (χ3v) is 2.84. The van der Waals surface area contributed by atoms with Crippen LogP contribution in [0.15, 0.2) is 36.9 Å². The monoisotopic (exact) mass is 203 g/mol. The molecule has 0 fully saturated rings. The van der Waals surface area contributed by atoms with E-state index in [4.69, 9.17) is 0 Å². The SMILES string of the molecule is C=CCC(C)C(C)Nc1ccc(C)cc1. The minimum absolute atomic E-state index is 0.478. The van der Waals surface area contributed by atoms with Crippen LogP contribution in [-0.2, 0) is 0 Å². The van der Waals surface area contributed by atoms with Crippen molar-refractivity contribution in [2.75, 3.05) is 5.32 Å². The minimum Gasteiger partial charge on any atom is -0.382 e. The fourth-order valence-corrected chi connectivity index (χ4v) is 1.52. The fourth-order valence-electron chi connectivity index (χ4n) is 1.52. The van der Waals surface area contributed by atoms with Crippen molar-refractivity contribution < 1.29 is 0 Å². The second-order valence-corrected chi connectivity index (χ2v) is 4.30. The number of allylic oxidation sites excluding steroid dienone is 1. The second kappa shape index (κ2) is 5.59. The molecule has 2 unspecified atom stereocenters. The summed E-state index contributed by atoms with van der Waals surface area (Å²) in [5, 5.41) is 3.51. The van der Waals surface area contributed by atoms with Crippen molar-refractivity contribution >= 4 is 5.69 Å². The van der Waals surface area contributed by atoms with Crippen LogP contribution in [0.2, 0.25) is 0 Å². The van der Waals surface area contributed by atoms with E-state index in [1.54, 1.807) is 0 Å². The zero-order chi connectivity index (χ0) is 11.3. The summed E-state index contributed by atoms with van der Waals surface area (Å²) in [6.07, 6.45) is 3.04. The number of nitrogens with one attached hydrogen (secondary N) is 1. The molecular formula is C14H21N. The highest BCUT2D eigenvalue weighted by molar-refractivity contribution is 5.45. The molecule has 2 atom stereocenters. The van der Waals surface area contributed by atoms with Gasteiger partial charge in [0.2, 0.25) is 0 Å². The molecular weight excluding hydrogens is 182 g/mol. The highest BCUT2D eigenvalue weighted by atomic mass is 14.9. The number of hydrogen-bond acceptors (Lipinski definition) is 1.